The van der Waals surface area contributed by atoms with Crippen LogP contribution in [0, 0.1) is 0 Å². The summed E-state index contributed by atoms with van der Waals surface area (Å²) in [6.45, 7) is 4.76. The molecule has 0 spiro atoms. The predicted octanol–water partition coefficient (Wildman–Crippen LogP) is 2.76. The summed E-state index contributed by atoms with van der Waals surface area (Å²) in [5.74, 6) is 2.01. The van der Waals surface area contributed by atoms with Crippen molar-refractivity contribution in [1.82, 2.24) is 5.32 Å². The van der Waals surface area contributed by atoms with E-state index in [0.29, 0.717) is 29.7 Å². The molecule has 0 bridgehead atoms. The van der Waals surface area contributed by atoms with Crippen LogP contribution in [-0.4, -0.2) is 45.0 Å². The summed E-state index contributed by atoms with van der Waals surface area (Å²) in [5.41, 5.74) is 0. The Bertz CT molecular complexity index is 519. The molecule has 8 heteroatoms. The number of hydrogen-bond acceptors (Lipinski definition) is 6. The van der Waals surface area contributed by atoms with E-state index in [0.717, 1.165) is 43.9 Å². The van der Waals surface area contributed by atoms with E-state index in [1.165, 1.54) is 0 Å². The van der Waals surface area contributed by atoms with Gasteiger partial charge in [-0.2, -0.15) is 8.42 Å². The summed E-state index contributed by atoms with van der Waals surface area (Å²) in [4.78, 5) is 0. The van der Waals surface area contributed by atoms with Crippen LogP contribution in [0.2, 0.25) is 0 Å². The highest BCUT2D eigenvalue weighted by Gasteiger charge is 2.03. The van der Waals surface area contributed by atoms with Gasteiger partial charge in [-0.15, -0.1) is 0 Å². The standard InChI is InChI=1S/C15H25NO5S2/c1-2-11-20-14-5-7-15(8-6-14)21-12-4-3-9-16-10-13-22-23(17,18)19/h5-8,16H,2-4,9-13H2,1H3,(H,17,18,19). The van der Waals surface area contributed by atoms with Crippen molar-refractivity contribution in [2.24, 2.45) is 0 Å². The maximum Gasteiger partial charge on any atom is 0.319 e. The fourth-order valence-corrected chi connectivity index (χ4v) is 3.06. The van der Waals surface area contributed by atoms with Gasteiger partial charge >= 0.3 is 9.15 Å². The van der Waals surface area contributed by atoms with E-state index in [4.69, 9.17) is 14.0 Å². The maximum absolute atomic E-state index is 10.5. The lowest BCUT2D eigenvalue weighted by molar-refractivity contribution is 0.301. The lowest BCUT2D eigenvalue weighted by Crippen LogP contribution is -2.19. The van der Waals surface area contributed by atoms with Crippen LogP contribution in [0.15, 0.2) is 24.3 Å². The van der Waals surface area contributed by atoms with Crippen molar-refractivity contribution in [3.8, 4) is 11.5 Å². The molecule has 2 N–H and O–H groups in total. The van der Waals surface area contributed by atoms with Crippen LogP contribution in [-0.2, 0) is 9.15 Å². The zero-order valence-corrected chi connectivity index (χ0v) is 15.0. The minimum absolute atomic E-state index is 0.335. The summed E-state index contributed by atoms with van der Waals surface area (Å²) in [5, 5.41) is 3.12. The van der Waals surface area contributed by atoms with Crippen LogP contribution in [0.5, 0.6) is 11.5 Å². The minimum atomic E-state index is -3.92. The van der Waals surface area contributed by atoms with Gasteiger partial charge in [0.15, 0.2) is 0 Å². The SMILES string of the molecule is CCCOc1ccc(OCCCCNCCSS(=O)(=O)O)cc1. The second-order valence-corrected chi connectivity index (χ2v) is 8.35. The van der Waals surface area contributed by atoms with E-state index < -0.39 is 9.15 Å². The van der Waals surface area contributed by atoms with Gasteiger partial charge in [-0.3, -0.25) is 4.55 Å². The summed E-state index contributed by atoms with van der Waals surface area (Å²) in [6, 6.07) is 7.60. The Morgan fingerprint density at radius 1 is 1.04 bits per heavy atom. The van der Waals surface area contributed by atoms with Crippen molar-refractivity contribution < 1.29 is 22.4 Å². The number of ether oxygens (including phenoxy) is 2. The van der Waals surface area contributed by atoms with Gasteiger partial charge in [0.25, 0.3) is 0 Å². The van der Waals surface area contributed by atoms with Crippen LogP contribution < -0.4 is 14.8 Å². The van der Waals surface area contributed by atoms with Gasteiger partial charge in [0.2, 0.25) is 0 Å². The molecular weight excluding hydrogens is 338 g/mol. The Morgan fingerprint density at radius 3 is 2.22 bits per heavy atom. The van der Waals surface area contributed by atoms with E-state index in [2.05, 4.69) is 12.2 Å². The molecule has 6 nitrogen and oxygen atoms in total. The normalized spacial score (nSPS) is 11.4. The highest BCUT2D eigenvalue weighted by atomic mass is 33.1. The van der Waals surface area contributed by atoms with Crippen LogP contribution in [0.3, 0.4) is 0 Å². The molecule has 0 aliphatic rings. The smallest absolute Gasteiger partial charge is 0.319 e. The molecule has 23 heavy (non-hydrogen) atoms. The number of nitrogens with one attached hydrogen (secondary N) is 1. The van der Waals surface area contributed by atoms with Crippen molar-refractivity contribution in [2.75, 3.05) is 32.1 Å². The monoisotopic (exact) mass is 363 g/mol. The fraction of sp³-hybridized carbons (Fsp3) is 0.600. The van der Waals surface area contributed by atoms with Crippen molar-refractivity contribution in [3.63, 3.8) is 0 Å². The van der Waals surface area contributed by atoms with Gasteiger partial charge in [-0.05, 0) is 60.9 Å². The van der Waals surface area contributed by atoms with Gasteiger partial charge in [0, 0.05) is 12.3 Å². The molecular formula is C15H25NO5S2. The van der Waals surface area contributed by atoms with Gasteiger partial charge in [-0.1, -0.05) is 6.92 Å². The van der Waals surface area contributed by atoms with E-state index in [1.54, 1.807) is 0 Å². The summed E-state index contributed by atoms with van der Waals surface area (Å²) in [7, 11) is -3.38. The number of benzene rings is 1. The van der Waals surface area contributed by atoms with E-state index in [1.807, 2.05) is 24.3 Å². The van der Waals surface area contributed by atoms with Crippen molar-refractivity contribution in [1.29, 1.82) is 0 Å². The maximum atomic E-state index is 10.5. The Labute approximate surface area is 142 Å². The third-order valence-electron chi connectivity index (χ3n) is 2.82. The largest absolute Gasteiger partial charge is 0.494 e. The molecule has 0 radical (unpaired) electrons. The second-order valence-electron chi connectivity index (χ2n) is 4.88. The Kier molecular flexibility index (Phi) is 10.1. The first-order valence-electron chi connectivity index (χ1n) is 7.69. The molecule has 0 aliphatic heterocycles. The predicted molar refractivity (Wildman–Crippen MR) is 93.8 cm³/mol. The molecule has 1 rings (SSSR count). The Hall–Kier alpha value is -0.960. The fourth-order valence-electron chi connectivity index (χ4n) is 1.74. The minimum Gasteiger partial charge on any atom is -0.494 e. The third kappa shape index (κ3) is 11.2. The van der Waals surface area contributed by atoms with Crippen LogP contribution in [0.1, 0.15) is 26.2 Å². The molecule has 1 aromatic carbocycles. The zero-order chi connectivity index (χ0) is 17.0. The summed E-state index contributed by atoms with van der Waals surface area (Å²) < 4.78 is 40.6. The molecule has 0 saturated carbocycles. The highest BCUT2D eigenvalue weighted by Crippen LogP contribution is 2.17. The van der Waals surface area contributed by atoms with Crippen molar-refractivity contribution in [2.45, 2.75) is 26.2 Å². The molecule has 0 aromatic heterocycles. The molecule has 0 saturated heterocycles. The average Bonchev–Trinajstić information content (AvgIpc) is 2.51. The lowest BCUT2D eigenvalue weighted by Gasteiger charge is -2.08. The summed E-state index contributed by atoms with van der Waals surface area (Å²) >= 11 is 0. The topological polar surface area (TPSA) is 84.9 Å². The van der Waals surface area contributed by atoms with Crippen LogP contribution in [0.4, 0.5) is 0 Å². The van der Waals surface area contributed by atoms with Gasteiger partial charge < -0.3 is 14.8 Å². The molecule has 0 fully saturated rings. The van der Waals surface area contributed by atoms with E-state index >= 15 is 0 Å². The molecule has 0 unspecified atom stereocenters. The quantitative estimate of drug-likeness (QED) is 0.317. The zero-order valence-electron chi connectivity index (χ0n) is 13.4. The van der Waals surface area contributed by atoms with Crippen LogP contribution in [0.25, 0.3) is 0 Å². The highest BCUT2D eigenvalue weighted by molar-refractivity contribution is 8.69. The number of rotatable bonds is 13. The lowest BCUT2D eigenvalue weighted by atomic mass is 10.3. The molecule has 0 heterocycles. The van der Waals surface area contributed by atoms with Gasteiger partial charge in [0.05, 0.1) is 13.2 Å². The summed E-state index contributed by atoms with van der Waals surface area (Å²) in [6.07, 6.45) is 2.83. The van der Waals surface area contributed by atoms with Gasteiger partial charge in [0.1, 0.15) is 11.5 Å². The third-order valence-corrected chi connectivity index (χ3v) is 4.89. The molecule has 1 aromatic rings. The first kappa shape index (κ1) is 20.1. The second kappa shape index (κ2) is 11.6. The van der Waals surface area contributed by atoms with E-state index in [9.17, 15) is 8.42 Å². The first-order valence-corrected chi connectivity index (χ1v) is 10.6. The van der Waals surface area contributed by atoms with Crippen molar-refractivity contribution in [3.05, 3.63) is 24.3 Å². The van der Waals surface area contributed by atoms with Crippen molar-refractivity contribution >= 4 is 19.9 Å². The number of hydrogen-bond donors (Lipinski definition) is 2. The Morgan fingerprint density at radius 2 is 1.65 bits per heavy atom. The molecule has 0 aliphatic carbocycles. The Balaban J connectivity index is 2.00. The molecule has 132 valence electrons. The molecule has 0 atom stereocenters. The van der Waals surface area contributed by atoms with E-state index in [-0.39, 0.29) is 0 Å². The van der Waals surface area contributed by atoms with Gasteiger partial charge in [-0.25, -0.2) is 0 Å². The number of unbranched alkanes of at least 4 members (excludes halogenated alkanes) is 1. The molecule has 0 amide bonds. The van der Waals surface area contributed by atoms with Crippen LogP contribution >= 0.6 is 10.8 Å². The first-order chi connectivity index (χ1) is 11.0. The average molecular weight is 364 g/mol.